The number of likely N-dealkylation sites (N-methyl/N-ethyl adjacent to an activating group) is 1. The lowest BCUT2D eigenvalue weighted by molar-refractivity contribution is -0.117. The molecular weight excluding hydrogens is 322 g/mol. The Morgan fingerprint density at radius 1 is 1.32 bits per heavy atom. The molecule has 0 aliphatic carbocycles. The van der Waals surface area contributed by atoms with E-state index in [1.807, 2.05) is 19.1 Å². The molecule has 1 amide bonds. The number of rotatable bonds is 6. The van der Waals surface area contributed by atoms with Gasteiger partial charge in [0.1, 0.15) is 18.1 Å². The van der Waals surface area contributed by atoms with Gasteiger partial charge in [-0.25, -0.2) is 0 Å². The Bertz CT molecular complexity index is 806. The molecule has 0 fully saturated rings. The molecule has 132 valence electrons. The van der Waals surface area contributed by atoms with Crippen molar-refractivity contribution < 1.29 is 14.1 Å². The number of pyridine rings is 1. The third-order valence-electron chi connectivity index (χ3n) is 3.47. The van der Waals surface area contributed by atoms with Crippen molar-refractivity contribution in [2.45, 2.75) is 20.5 Å². The van der Waals surface area contributed by atoms with Gasteiger partial charge in [-0.15, -0.1) is 0 Å². The monoisotopic (exact) mass is 343 g/mol. The predicted octanol–water partition coefficient (Wildman–Crippen LogP) is 1.26. The zero-order valence-electron chi connectivity index (χ0n) is 14.4. The van der Waals surface area contributed by atoms with E-state index in [1.165, 1.54) is 19.2 Å². The number of nitrogens with zero attached hydrogens (tertiary/aromatic N) is 2. The molecule has 0 saturated carbocycles. The molecule has 0 spiro atoms. The van der Waals surface area contributed by atoms with Crippen molar-refractivity contribution >= 4 is 5.91 Å². The zero-order chi connectivity index (χ0) is 18.4. The highest BCUT2D eigenvalue weighted by atomic mass is 16.5. The molecule has 0 aromatic carbocycles. The molecule has 8 nitrogen and oxygen atoms in total. The fourth-order valence-corrected chi connectivity index (χ4v) is 1.99. The number of aryl methyl sites for hydroxylation is 2. The fraction of sp³-hybridized carbons (Fsp3) is 0.235. The first-order valence-electron chi connectivity index (χ1n) is 7.58. The Labute approximate surface area is 145 Å². The molecule has 0 saturated heterocycles. The lowest BCUT2D eigenvalue weighted by atomic mass is 10.1. The van der Waals surface area contributed by atoms with Crippen molar-refractivity contribution in [3.8, 4) is 11.3 Å². The number of ether oxygens (including phenoxy) is 1. The van der Waals surface area contributed by atoms with Crippen LogP contribution in [-0.4, -0.2) is 23.1 Å². The predicted molar refractivity (Wildman–Crippen MR) is 92.6 cm³/mol. The average molecular weight is 343 g/mol. The molecule has 0 bridgehead atoms. The van der Waals surface area contributed by atoms with Gasteiger partial charge in [0, 0.05) is 24.5 Å². The number of nitrogens with two attached hydrogens (primary N) is 2. The topological polar surface area (TPSA) is 129 Å². The summed E-state index contributed by atoms with van der Waals surface area (Å²) >= 11 is 0. The maximum absolute atomic E-state index is 11.3. The number of nitrogens with one attached hydrogen (secondary N) is 1. The van der Waals surface area contributed by atoms with Crippen LogP contribution >= 0.6 is 0 Å². The van der Waals surface area contributed by atoms with Gasteiger partial charge in [-0.1, -0.05) is 5.16 Å². The van der Waals surface area contributed by atoms with Crippen LogP contribution in [0, 0.1) is 13.8 Å². The summed E-state index contributed by atoms with van der Waals surface area (Å²) in [6, 6.07) is 3.81. The van der Waals surface area contributed by atoms with Gasteiger partial charge in [-0.05, 0) is 38.1 Å². The Kier molecular flexibility index (Phi) is 5.78. The largest absolute Gasteiger partial charge is 0.474 e. The summed E-state index contributed by atoms with van der Waals surface area (Å²) in [6.45, 7) is 3.86. The molecular formula is C17H21N5O3. The zero-order valence-corrected chi connectivity index (χ0v) is 14.4. The summed E-state index contributed by atoms with van der Waals surface area (Å²) in [6.07, 6.45) is 4.52. The molecule has 0 radical (unpaired) electrons. The molecule has 2 heterocycles. The first kappa shape index (κ1) is 18.1. The first-order chi connectivity index (χ1) is 11.9. The molecule has 2 rings (SSSR count). The lowest BCUT2D eigenvalue weighted by Crippen LogP contribution is -2.24. The van der Waals surface area contributed by atoms with E-state index in [2.05, 4.69) is 15.5 Å². The van der Waals surface area contributed by atoms with Crippen LogP contribution in [-0.2, 0) is 16.1 Å². The maximum atomic E-state index is 11.3. The minimum Gasteiger partial charge on any atom is -0.474 e. The number of carbonyl (C=O) groups excluding carboxylic acids is 1. The number of aromatic nitrogens is 2. The van der Waals surface area contributed by atoms with Gasteiger partial charge >= 0.3 is 0 Å². The third kappa shape index (κ3) is 4.60. The summed E-state index contributed by atoms with van der Waals surface area (Å²) in [5.74, 6) is 0.345. The fourth-order valence-electron chi connectivity index (χ4n) is 1.99. The Morgan fingerprint density at radius 2 is 2.08 bits per heavy atom. The third-order valence-corrected chi connectivity index (χ3v) is 3.47. The second-order valence-corrected chi connectivity index (χ2v) is 5.31. The van der Waals surface area contributed by atoms with Crippen molar-refractivity contribution in [3.05, 3.63) is 59.1 Å². The molecule has 0 aliphatic heterocycles. The average Bonchev–Trinajstić information content (AvgIpc) is 2.98. The molecule has 2 aromatic heterocycles. The summed E-state index contributed by atoms with van der Waals surface area (Å²) in [5.41, 5.74) is 14.5. The van der Waals surface area contributed by atoms with E-state index in [1.54, 1.807) is 13.1 Å². The molecule has 5 N–H and O–H groups in total. The first-order valence-corrected chi connectivity index (χ1v) is 7.58. The number of amides is 1. The quantitative estimate of drug-likeness (QED) is 0.409. The number of carbonyl (C=O) groups is 1. The summed E-state index contributed by atoms with van der Waals surface area (Å²) in [7, 11) is 1.49. The SMILES string of the molecule is CNC(=O)/C(N)=C/C=C(\N)OCc1c(-c2ccc(C)nc2)noc1C. The van der Waals surface area contributed by atoms with Crippen molar-refractivity contribution in [2.24, 2.45) is 11.5 Å². The van der Waals surface area contributed by atoms with Crippen LogP contribution in [0.2, 0.25) is 0 Å². The maximum Gasteiger partial charge on any atom is 0.266 e. The van der Waals surface area contributed by atoms with Crippen molar-refractivity contribution in [1.82, 2.24) is 15.5 Å². The highest BCUT2D eigenvalue weighted by molar-refractivity contribution is 5.92. The van der Waals surface area contributed by atoms with E-state index in [9.17, 15) is 4.79 Å². The second kappa shape index (κ2) is 8.00. The van der Waals surface area contributed by atoms with Gasteiger partial charge in [-0.2, -0.15) is 0 Å². The van der Waals surface area contributed by atoms with Crippen LogP contribution < -0.4 is 16.8 Å². The summed E-state index contributed by atoms with van der Waals surface area (Å²) in [4.78, 5) is 15.6. The van der Waals surface area contributed by atoms with Crippen molar-refractivity contribution in [3.63, 3.8) is 0 Å². The van der Waals surface area contributed by atoms with Gasteiger partial charge in [0.05, 0.1) is 11.3 Å². The van der Waals surface area contributed by atoms with E-state index >= 15 is 0 Å². The Balaban J connectivity index is 2.12. The van der Waals surface area contributed by atoms with Crippen LogP contribution in [0.15, 0.2) is 46.6 Å². The number of allylic oxidation sites excluding steroid dienone is 2. The minimum absolute atomic E-state index is 0.0293. The molecule has 2 aromatic rings. The van der Waals surface area contributed by atoms with E-state index in [4.69, 9.17) is 20.7 Å². The van der Waals surface area contributed by atoms with Gasteiger partial charge in [0.2, 0.25) is 0 Å². The Hall–Kier alpha value is -3.29. The smallest absolute Gasteiger partial charge is 0.266 e. The van der Waals surface area contributed by atoms with Crippen LogP contribution in [0.5, 0.6) is 0 Å². The van der Waals surface area contributed by atoms with E-state index in [0.29, 0.717) is 11.5 Å². The van der Waals surface area contributed by atoms with Crippen molar-refractivity contribution in [2.75, 3.05) is 7.05 Å². The highest BCUT2D eigenvalue weighted by Crippen LogP contribution is 2.25. The normalized spacial score (nSPS) is 12.1. The molecule has 0 unspecified atom stereocenters. The van der Waals surface area contributed by atoms with Gasteiger partial charge in [-0.3, -0.25) is 9.78 Å². The minimum atomic E-state index is -0.395. The number of hydrogen-bond donors (Lipinski definition) is 3. The highest BCUT2D eigenvalue weighted by Gasteiger charge is 2.15. The number of hydrogen-bond acceptors (Lipinski definition) is 7. The van der Waals surface area contributed by atoms with Crippen LogP contribution in [0.25, 0.3) is 11.3 Å². The van der Waals surface area contributed by atoms with E-state index in [0.717, 1.165) is 16.8 Å². The Morgan fingerprint density at radius 3 is 2.72 bits per heavy atom. The standard InChI is InChI=1S/C17H21N5O3/c1-10-4-5-12(8-21-10)16-13(11(2)25-22-16)9-24-15(19)7-6-14(18)17(23)20-3/h4-8H,9,18-19H2,1-3H3,(H,20,23)/b14-6-,15-7+. The van der Waals surface area contributed by atoms with E-state index < -0.39 is 5.91 Å². The molecule has 8 heteroatoms. The summed E-state index contributed by atoms with van der Waals surface area (Å²) in [5, 5.41) is 6.47. The molecule has 25 heavy (non-hydrogen) atoms. The van der Waals surface area contributed by atoms with Gasteiger partial charge < -0.3 is 26.0 Å². The van der Waals surface area contributed by atoms with Crippen LogP contribution in [0.3, 0.4) is 0 Å². The van der Waals surface area contributed by atoms with E-state index in [-0.39, 0.29) is 18.2 Å². The van der Waals surface area contributed by atoms with Crippen LogP contribution in [0.4, 0.5) is 0 Å². The van der Waals surface area contributed by atoms with Crippen LogP contribution in [0.1, 0.15) is 17.0 Å². The lowest BCUT2D eigenvalue weighted by Gasteiger charge is -2.06. The molecule has 0 aliphatic rings. The second-order valence-electron chi connectivity index (χ2n) is 5.31. The van der Waals surface area contributed by atoms with Gasteiger partial charge in [0.25, 0.3) is 5.91 Å². The summed E-state index contributed by atoms with van der Waals surface area (Å²) < 4.78 is 10.8. The molecule has 0 atom stereocenters. The van der Waals surface area contributed by atoms with Gasteiger partial charge in [0.15, 0.2) is 5.88 Å². The van der Waals surface area contributed by atoms with Crippen molar-refractivity contribution in [1.29, 1.82) is 0 Å².